The van der Waals surface area contributed by atoms with Crippen LogP contribution >= 0.6 is 0 Å². The van der Waals surface area contributed by atoms with E-state index in [-0.39, 0.29) is 0 Å². The van der Waals surface area contributed by atoms with Crippen molar-refractivity contribution in [2.75, 3.05) is 6.54 Å². The number of aryl methyl sites for hydroxylation is 2. The summed E-state index contributed by atoms with van der Waals surface area (Å²) in [7, 11) is 0. The smallest absolute Gasteiger partial charge is 0.147 e. The van der Waals surface area contributed by atoms with E-state index in [1.165, 1.54) is 0 Å². The summed E-state index contributed by atoms with van der Waals surface area (Å²) in [6.45, 7) is 7.66. The second-order valence-electron chi connectivity index (χ2n) is 4.88. The van der Waals surface area contributed by atoms with Crippen LogP contribution in [0.3, 0.4) is 0 Å². The standard InChI is InChI=1S/C12H18N6/c1-9-15-10(2)18(16-9)8-11-5-13-6-12-14-3-4-17(12)7-11/h3-4,11,13H,5-8H2,1-2H3/t11-/m0/s1. The minimum Gasteiger partial charge on any atom is -0.333 e. The van der Waals surface area contributed by atoms with Gasteiger partial charge in [-0.1, -0.05) is 0 Å². The van der Waals surface area contributed by atoms with Crippen molar-refractivity contribution in [1.29, 1.82) is 0 Å². The van der Waals surface area contributed by atoms with Crippen molar-refractivity contribution in [3.8, 4) is 0 Å². The molecule has 0 bridgehead atoms. The van der Waals surface area contributed by atoms with Crippen LogP contribution < -0.4 is 5.32 Å². The number of nitrogens with zero attached hydrogens (tertiary/aromatic N) is 5. The second kappa shape index (κ2) is 4.53. The highest BCUT2D eigenvalue weighted by Crippen LogP contribution is 2.11. The van der Waals surface area contributed by atoms with Crippen LogP contribution in [-0.4, -0.2) is 30.9 Å². The molecule has 96 valence electrons. The quantitative estimate of drug-likeness (QED) is 0.839. The molecule has 1 N–H and O–H groups in total. The predicted octanol–water partition coefficient (Wildman–Crippen LogP) is 0.511. The molecule has 0 amide bonds. The Balaban J connectivity index is 1.76. The third kappa shape index (κ3) is 2.15. The van der Waals surface area contributed by atoms with Gasteiger partial charge in [-0.3, -0.25) is 0 Å². The molecule has 0 aromatic carbocycles. The van der Waals surface area contributed by atoms with Crippen LogP contribution in [0.25, 0.3) is 0 Å². The first-order valence-electron chi connectivity index (χ1n) is 6.31. The number of imidazole rings is 1. The fourth-order valence-electron chi connectivity index (χ4n) is 2.51. The molecule has 18 heavy (non-hydrogen) atoms. The first-order valence-corrected chi connectivity index (χ1v) is 6.31. The van der Waals surface area contributed by atoms with Crippen molar-refractivity contribution in [2.24, 2.45) is 5.92 Å². The molecule has 1 atom stereocenters. The summed E-state index contributed by atoms with van der Waals surface area (Å²) in [5, 5.41) is 7.87. The molecule has 0 fully saturated rings. The number of nitrogens with one attached hydrogen (secondary N) is 1. The zero-order valence-corrected chi connectivity index (χ0v) is 10.8. The van der Waals surface area contributed by atoms with Crippen molar-refractivity contribution in [3.63, 3.8) is 0 Å². The Bertz CT molecular complexity index is 541. The minimum atomic E-state index is 0.514. The number of aromatic nitrogens is 5. The second-order valence-corrected chi connectivity index (χ2v) is 4.88. The van der Waals surface area contributed by atoms with Crippen LogP contribution in [0.2, 0.25) is 0 Å². The molecule has 1 aliphatic rings. The summed E-state index contributed by atoms with van der Waals surface area (Å²) in [4.78, 5) is 8.69. The number of rotatable bonds is 2. The highest BCUT2D eigenvalue weighted by Gasteiger charge is 2.18. The average Bonchev–Trinajstić information content (AvgIpc) is 2.82. The maximum absolute atomic E-state index is 4.43. The third-order valence-electron chi connectivity index (χ3n) is 3.37. The molecule has 0 saturated heterocycles. The van der Waals surface area contributed by atoms with Gasteiger partial charge in [-0.2, -0.15) is 5.10 Å². The molecule has 6 nitrogen and oxygen atoms in total. The summed E-state index contributed by atoms with van der Waals surface area (Å²) >= 11 is 0. The van der Waals surface area contributed by atoms with E-state index in [1.807, 2.05) is 24.7 Å². The van der Waals surface area contributed by atoms with Gasteiger partial charge in [0.2, 0.25) is 0 Å². The Labute approximate surface area is 106 Å². The van der Waals surface area contributed by atoms with Gasteiger partial charge >= 0.3 is 0 Å². The van der Waals surface area contributed by atoms with E-state index >= 15 is 0 Å². The van der Waals surface area contributed by atoms with E-state index in [0.717, 1.165) is 43.7 Å². The van der Waals surface area contributed by atoms with Crippen LogP contribution in [0.4, 0.5) is 0 Å². The zero-order valence-electron chi connectivity index (χ0n) is 10.8. The van der Waals surface area contributed by atoms with Gasteiger partial charge in [0.15, 0.2) is 0 Å². The van der Waals surface area contributed by atoms with Crippen LogP contribution in [-0.2, 0) is 19.6 Å². The fraction of sp³-hybridized carbons (Fsp3) is 0.583. The highest BCUT2D eigenvalue weighted by atomic mass is 15.3. The molecular weight excluding hydrogens is 228 g/mol. The Morgan fingerprint density at radius 3 is 3.11 bits per heavy atom. The summed E-state index contributed by atoms with van der Waals surface area (Å²) < 4.78 is 4.23. The topological polar surface area (TPSA) is 60.6 Å². The molecule has 2 aromatic rings. The van der Waals surface area contributed by atoms with Gasteiger partial charge in [0, 0.05) is 37.9 Å². The van der Waals surface area contributed by atoms with E-state index in [1.54, 1.807) is 0 Å². The van der Waals surface area contributed by atoms with Crippen LogP contribution in [0, 0.1) is 19.8 Å². The van der Waals surface area contributed by atoms with E-state index in [4.69, 9.17) is 0 Å². The van der Waals surface area contributed by atoms with Crippen molar-refractivity contribution >= 4 is 0 Å². The van der Waals surface area contributed by atoms with Gasteiger partial charge in [-0.05, 0) is 13.8 Å². The van der Waals surface area contributed by atoms with E-state index < -0.39 is 0 Å². The molecular formula is C12H18N6. The Morgan fingerprint density at radius 2 is 2.33 bits per heavy atom. The lowest BCUT2D eigenvalue weighted by atomic mass is 10.1. The third-order valence-corrected chi connectivity index (χ3v) is 3.37. The number of fused-ring (bicyclic) bond motifs is 1. The predicted molar refractivity (Wildman–Crippen MR) is 66.9 cm³/mol. The lowest BCUT2D eigenvalue weighted by Crippen LogP contribution is -2.26. The Morgan fingerprint density at radius 1 is 1.44 bits per heavy atom. The molecule has 0 saturated carbocycles. The summed E-state index contributed by atoms with van der Waals surface area (Å²) in [6, 6.07) is 0. The SMILES string of the molecule is Cc1nc(C)n(C[C@H]2CNCc3nccn3C2)n1. The molecule has 1 aliphatic heterocycles. The number of hydrogen-bond acceptors (Lipinski definition) is 4. The minimum absolute atomic E-state index is 0.514. The maximum atomic E-state index is 4.43. The van der Waals surface area contributed by atoms with Crippen LogP contribution in [0.1, 0.15) is 17.5 Å². The highest BCUT2D eigenvalue weighted by molar-refractivity contribution is 4.95. The van der Waals surface area contributed by atoms with Crippen molar-refractivity contribution in [3.05, 3.63) is 29.9 Å². The first-order chi connectivity index (χ1) is 8.72. The molecule has 0 radical (unpaired) electrons. The molecule has 0 spiro atoms. The van der Waals surface area contributed by atoms with Gasteiger partial charge in [0.25, 0.3) is 0 Å². The molecule has 6 heteroatoms. The van der Waals surface area contributed by atoms with Gasteiger partial charge < -0.3 is 9.88 Å². The summed E-state index contributed by atoms with van der Waals surface area (Å²) in [5.41, 5.74) is 0. The van der Waals surface area contributed by atoms with Crippen molar-refractivity contribution in [2.45, 2.75) is 33.5 Å². The monoisotopic (exact) mass is 246 g/mol. The molecule has 3 heterocycles. The maximum Gasteiger partial charge on any atom is 0.147 e. The molecule has 3 rings (SSSR count). The fourth-order valence-corrected chi connectivity index (χ4v) is 2.51. The van der Waals surface area contributed by atoms with Crippen LogP contribution in [0.5, 0.6) is 0 Å². The van der Waals surface area contributed by atoms with Gasteiger partial charge in [0.1, 0.15) is 17.5 Å². The number of hydrogen-bond donors (Lipinski definition) is 1. The molecule has 0 aliphatic carbocycles. The van der Waals surface area contributed by atoms with Crippen molar-refractivity contribution < 1.29 is 0 Å². The molecule has 2 aromatic heterocycles. The average molecular weight is 246 g/mol. The summed E-state index contributed by atoms with van der Waals surface area (Å²) in [6.07, 6.45) is 3.92. The normalized spacial score (nSPS) is 19.6. The van der Waals surface area contributed by atoms with Gasteiger partial charge in [0.05, 0.1) is 6.54 Å². The first kappa shape index (κ1) is 11.4. The largest absolute Gasteiger partial charge is 0.333 e. The zero-order chi connectivity index (χ0) is 12.5. The Kier molecular flexibility index (Phi) is 2.87. The van der Waals surface area contributed by atoms with Crippen LogP contribution in [0.15, 0.2) is 12.4 Å². The van der Waals surface area contributed by atoms with E-state index in [2.05, 4.69) is 31.1 Å². The Hall–Kier alpha value is -1.69. The summed E-state index contributed by atoms with van der Waals surface area (Å²) in [5.74, 6) is 3.46. The van der Waals surface area contributed by atoms with E-state index in [9.17, 15) is 0 Å². The molecule has 0 unspecified atom stereocenters. The van der Waals surface area contributed by atoms with Gasteiger partial charge in [-0.25, -0.2) is 14.6 Å². The lowest BCUT2D eigenvalue weighted by molar-refractivity contribution is 0.362. The van der Waals surface area contributed by atoms with Gasteiger partial charge in [-0.15, -0.1) is 0 Å². The van der Waals surface area contributed by atoms with Crippen molar-refractivity contribution in [1.82, 2.24) is 29.6 Å². The van der Waals surface area contributed by atoms with E-state index in [0.29, 0.717) is 5.92 Å². The lowest BCUT2D eigenvalue weighted by Gasteiger charge is -2.15.